The predicted molar refractivity (Wildman–Crippen MR) is 105 cm³/mol. The number of anilines is 1. The maximum Gasteiger partial charge on any atom is 0.407 e. The van der Waals surface area contributed by atoms with Crippen molar-refractivity contribution in [3.05, 3.63) is 71.6 Å². The van der Waals surface area contributed by atoms with Gasteiger partial charge in [-0.2, -0.15) is 0 Å². The molecule has 138 valence electrons. The average molecular weight is 381 g/mol. The fourth-order valence-corrected chi connectivity index (χ4v) is 3.04. The highest BCUT2D eigenvalue weighted by molar-refractivity contribution is 7.14. The first kappa shape index (κ1) is 18.6. The summed E-state index contributed by atoms with van der Waals surface area (Å²) >= 11 is 1.36. The van der Waals surface area contributed by atoms with Gasteiger partial charge in [-0.25, -0.2) is 9.78 Å². The highest BCUT2D eigenvalue weighted by atomic mass is 32.1. The average Bonchev–Trinajstić information content (AvgIpc) is 3.16. The zero-order valence-corrected chi connectivity index (χ0v) is 15.4. The minimum atomic E-state index is -0.549. The highest BCUT2D eigenvalue weighted by Gasteiger charge is 2.09. The minimum Gasteiger partial charge on any atom is -0.445 e. The van der Waals surface area contributed by atoms with E-state index in [0.717, 1.165) is 16.8 Å². The summed E-state index contributed by atoms with van der Waals surface area (Å²) in [6.45, 7) is 0.386. The predicted octanol–water partition coefficient (Wildman–Crippen LogP) is 4.07. The lowest BCUT2D eigenvalue weighted by atomic mass is 10.2. The highest BCUT2D eigenvalue weighted by Crippen LogP contribution is 2.24. The summed E-state index contributed by atoms with van der Waals surface area (Å²) in [5.74, 6) is -0.215. The van der Waals surface area contributed by atoms with Crippen LogP contribution in [0.2, 0.25) is 0 Å². The van der Waals surface area contributed by atoms with Crippen LogP contribution in [-0.2, 0) is 16.1 Å². The maximum absolute atomic E-state index is 12.0. The number of nitrogens with one attached hydrogen (secondary N) is 2. The molecule has 0 bridgehead atoms. The molecule has 0 saturated carbocycles. The van der Waals surface area contributed by atoms with Gasteiger partial charge in [0.1, 0.15) is 6.61 Å². The van der Waals surface area contributed by atoms with E-state index in [1.54, 1.807) is 0 Å². The van der Waals surface area contributed by atoms with Crippen molar-refractivity contribution in [1.29, 1.82) is 0 Å². The molecule has 0 unspecified atom stereocenters. The van der Waals surface area contributed by atoms with Crippen molar-refractivity contribution in [2.24, 2.45) is 0 Å². The normalized spacial score (nSPS) is 10.2. The largest absolute Gasteiger partial charge is 0.445 e. The van der Waals surface area contributed by atoms with Gasteiger partial charge in [0, 0.05) is 23.9 Å². The van der Waals surface area contributed by atoms with Crippen LogP contribution in [0, 0.1) is 0 Å². The fourth-order valence-electron chi connectivity index (χ4n) is 2.31. The Morgan fingerprint density at radius 3 is 2.44 bits per heavy atom. The van der Waals surface area contributed by atoms with Crippen molar-refractivity contribution in [3.63, 3.8) is 0 Å². The first-order chi connectivity index (χ1) is 13.2. The molecule has 1 heterocycles. The van der Waals surface area contributed by atoms with E-state index in [4.69, 9.17) is 4.74 Å². The van der Waals surface area contributed by atoms with E-state index in [1.165, 1.54) is 11.3 Å². The molecule has 0 spiro atoms. The van der Waals surface area contributed by atoms with Crippen LogP contribution in [-0.4, -0.2) is 23.5 Å². The van der Waals surface area contributed by atoms with Gasteiger partial charge < -0.3 is 15.4 Å². The number of alkyl carbamates (subject to hydrolysis) is 1. The molecule has 1 aromatic heterocycles. The van der Waals surface area contributed by atoms with Crippen molar-refractivity contribution in [3.8, 4) is 11.3 Å². The van der Waals surface area contributed by atoms with E-state index < -0.39 is 6.09 Å². The van der Waals surface area contributed by atoms with E-state index in [9.17, 15) is 9.59 Å². The number of hydrogen-bond donors (Lipinski definition) is 2. The van der Waals surface area contributed by atoms with Crippen LogP contribution in [0.3, 0.4) is 0 Å². The van der Waals surface area contributed by atoms with Crippen LogP contribution in [0.1, 0.15) is 12.0 Å². The molecule has 6 nitrogen and oxygen atoms in total. The Labute approximate surface area is 161 Å². The van der Waals surface area contributed by atoms with Crippen molar-refractivity contribution in [2.75, 3.05) is 11.9 Å². The summed E-state index contributed by atoms with van der Waals surface area (Å²) in [7, 11) is 0. The van der Waals surface area contributed by atoms with Crippen LogP contribution >= 0.6 is 11.3 Å². The van der Waals surface area contributed by atoms with E-state index in [-0.39, 0.29) is 25.5 Å². The molecule has 0 aliphatic rings. The quantitative estimate of drug-likeness (QED) is 0.647. The Morgan fingerprint density at radius 1 is 1.00 bits per heavy atom. The second-order valence-corrected chi connectivity index (χ2v) is 6.55. The van der Waals surface area contributed by atoms with Gasteiger partial charge in [-0.1, -0.05) is 60.7 Å². The number of nitrogens with zero attached hydrogens (tertiary/aromatic N) is 1. The molecule has 2 N–H and O–H groups in total. The third-order valence-electron chi connectivity index (χ3n) is 3.65. The summed E-state index contributed by atoms with van der Waals surface area (Å²) < 4.78 is 5.09. The van der Waals surface area contributed by atoms with Gasteiger partial charge in [0.05, 0.1) is 5.69 Å². The first-order valence-electron chi connectivity index (χ1n) is 8.46. The number of ether oxygens (including phenoxy) is 1. The van der Waals surface area contributed by atoms with Gasteiger partial charge in [0.2, 0.25) is 5.91 Å². The lowest BCUT2D eigenvalue weighted by Gasteiger charge is -2.07. The SMILES string of the molecule is O=C(CCNC(=O)OCc1ccccc1)Nc1nc(-c2ccccc2)cs1. The lowest BCUT2D eigenvalue weighted by molar-refractivity contribution is -0.116. The molecule has 0 aliphatic heterocycles. The number of amides is 2. The van der Waals surface area contributed by atoms with Crippen LogP contribution in [0.25, 0.3) is 11.3 Å². The summed E-state index contributed by atoms with van der Waals surface area (Å²) in [6.07, 6.45) is -0.409. The van der Waals surface area contributed by atoms with Crippen molar-refractivity contribution >= 4 is 28.5 Å². The molecule has 0 radical (unpaired) electrons. The summed E-state index contributed by atoms with van der Waals surface area (Å²) in [6, 6.07) is 19.1. The number of benzene rings is 2. The molecule has 2 amide bonds. The topological polar surface area (TPSA) is 80.3 Å². The molecule has 3 aromatic rings. The second kappa shape index (κ2) is 9.49. The van der Waals surface area contributed by atoms with Crippen molar-refractivity contribution in [2.45, 2.75) is 13.0 Å². The molecule has 2 aromatic carbocycles. The third kappa shape index (κ3) is 5.93. The van der Waals surface area contributed by atoms with Gasteiger partial charge in [0.25, 0.3) is 0 Å². The minimum absolute atomic E-state index is 0.140. The van der Waals surface area contributed by atoms with Crippen LogP contribution in [0.15, 0.2) is 66.0 Å². The van der Waals surface area contributed by atoms with Crippen LogP contribution < -0.4 is 10.6 Å². The van der Waals surface area contributed by atoms with Gasteiger partial charge in [-0.3, -0.25) is 4.79 Å². The monoisotopic (exact) mass is 381 g/mol. The maximum atomic E-state index is 12.0. The van der Waals surface area contributed by atoms with E-state index >= 15 is 0 Å². The number of rotatable bonds is 7. The summed E-state index contributed by atoms with van der Waals surface area (Å²) in [4.78, 5) is 28.0. The standard InChI is InChI=1S/C20H19N3O3S/c24-18(11-12-21-20(25)26-13-15-7-3-1-4-8-15)23-19-22-17(14-27-19)16-9-5-2-6-10-16/h1-10,14H,11-13H2,(H,21,25)(H,22,23,24). The Kier molecular flexibility index (Phi) is 6.54. The molecule has 3 rings (SSSR count). The fraction of sp³-hybridized carbons (Fsp3) is 0.150. The molecular weight excluding hydrogens is 362 g/mol. The molecule has 0 saturated heterocycles. The van der Waals surface area contributed by atoms with Crippen molar-refractivity contribution < 1.29 is 14.3 Å². The summed E-state index contributed by atoms with van der Waals surface area (Å²) in [5, 5.41) is 7.73. The third-order valence-corrected chi connectivity index (χ3v) is 4.41. The van der Waals surface area contributed by atoms with Crippen molar-refractivity contribution in [1.82, 2.24) is 10.3 Å². The zero-order valence-electron chi connectivity index (χ0n) is 14.6. The molecule has 0 atom stereocenters. The zero-order chi connectivity index (χ0) is 18.9. The summed E-state index contributed by atoms with van der Waals surface area (Å²) in [5.41, 5.74) is 2.72. The Hall–Kier alpha value is -3.19. The molecular formula is C20H19N3O3S. The lowest BCUT2D eigenvalue weighted by Crippen LogP contribution is -2.28. The van der Waals surface area contributed by atoms with Gasteiger partial charge in [-0.05, 0) is 5.56 Å². The Morgan fingerprint density at radius 2 is 1.70 bits per heavy atom. The Bertz CT molecular complexity index is 882. The number of thiazole rings is 1. The molecule has 7 heteroatoms. The van der Waals surface area contributed by atoms with Gasteiger partial charge in [-0.15, -0.1) is 11.3 Å². The second-order valence-electron chi connectivity index (χ2n) is 5.69. The van der Waals surface area contributed by atoms with Crippen LogP contribution in [0.5, 0.6) is 0 Å². The van der Waals surface area contributed by atoms with E-state index in [0.29, 0.717) is 5.13 Å². The molecule has 0 fully saturated rings. The number of carbonyl (C=O) groups is 2. The van der Waals surface area contributed by atoms with Gasteiger partial charge in [0.15, 0.2) is 5.13 Å². The van der Waals surface area contributed by atoms with Gasteiger partial charge >= 0.3 is 6.09 Å². The number of hydrogen-bond acceptors (Lipinski definition) is 5. The number of carbonyl (C=O) groups excluding carboxylic acids is 2. The smallest absolute Gasteiger partial charge is 0.407 e. The van der Waals surface area contributed by atoms with Crippen LogP contribution in [0.4, 0.5) is 9.93 Å². The molecule has 0 aliphatic carbocycles. The van der Waals surface area contributed by atoms with E-state index in [1.807, 2.05) is 66.0 Å². The number of aromatic nitrogens is 1. The van der Waals surface area contributed by atoms with E-state index in [2.05, 4.69) is 15.6 Å². The molecule has 27 heavy (non-hydrogen) atoms. The first-order valence-corrected chi connectivity index (χ1v) is 9.34. The Balaban J connectivity index is 1.37.